The van der Waals surface area contributed by atoms with Gasteiger partial charge in [-0.25, -0.2) is 4.68 Å². The van der Waals surface area contributed by atoms with Gasteiger partial charge in [0.15, 0.2) is 0 Å². The van der Waals surface area contributed by atoms with Crippen LogP contribution >= 0.6 is 0 Å². The average Bonchev–Trinajstić information content (AvgIpc) is 3.35. The van der Waals surface area contributed by atoms with Crippen LogP contribution in [0.3, 0.4) is 0 Å². The minimum atomic E-state index is -4.43. The lowest BCUT2D eigenvalue weighted by Gasteiger charge is -2.35. The molecule has 11 heteroatoms. The number of tetrazole rings is 1. The van der Waals surface area contributed by atoms with Crippen LogP contribution in [-0.4, -0.2) is 68.0 Å². The highest BCUT2D eigenvalue weighted by molar-refractivity contribution is 5.83. The largest absolute Gasteiger partial charge is 0.416 e. The zero-order valence-electron chi connectivity index (χ0n) is 15.4. The summed E-state index contributed by atoms with van der Waals surface area (Å²) in [6.07, 6.45) is -2.66. The van der Waals surface area contributed by atoms with Gasteiger partial charge < -0.3 is 9.80 Å². The van der Waals surface area contributed by atoms with Gasteiger partial charge in [-0.1, -0.05) is 18.2 Å². The zero-order chi connectivity index (χ0) is 20.6. The number of benzene rings is 1. The van der Waals surface area contributed by atoms with Crippen LogP contribution in [0.4, 0.5) is 13.2 Å². The molecule has 0 spiro atoms. The summed E-state index contributed by atoms with van der Waals surface area (Å²) in [6.45, 7) is 1.51. The summed E-state index contributed by atoms with van der Waals surface area (Å²) in [5, 5.41) is 10.6. The number of aromatic nitrogens is 4. The Morgan fingerprint density at radius 3 is 2.41 bits per heavy atom. The van der Waals surface area contributed by atoms with Gasteiger partial charge in [-0.2, -0.15) is 13.2 Å². The van der Waals surface area contributed by atoms with E-state index in [0.29, 0.717) is 32.6 Å². The molecule has 2 fully saturated rings. The van der Waals surface area contributed by atoms with Crippen molar-refractivity contribution in [1.29, 1.82) is 0 Å². The van der Waals surface area contributed by atoms with Gasteiger partial charge >= 0.3 is 6.18 Å². The number of hydrogen-bond acceptors (Lipinski definition) is 5. The molecular formula is C18H19F3N6O2. The van der Waals surface area contributed by atoms with Crippen LogP contribution in [0.2, 0.25) is 0 Å². The quantitative estimate of drug-likeness (QED) is 0.758. The molecule has 1 aromatic carbocycles. The van der Waals surface area contributed by atoms with E-state index in [1.807, 2.05) is 0 Å². The first kappa shape index (κ1) is 19.3. The van der Waals surface area contributed by atoms with Crippen molar-refractivity contribution >= 4 is 11.8 Å². The maximum Gasteiger partial charge on any atom is 0.416 e. The van der Waals surface area contributed by atoms with Crippen LogP contribution in [-0.2, 0) is 22.3 Å². The number of alkyl halides is 3. The normalized spacial score (nSPS) is 21.9. The summed E-state index contributed by atoms with van der Waals surface area (Å²) < 4.78 is 41.0. The fourth-order valence-electron chi connectivity index (χ4n) is 3.79. The van der Waals surface area contributed by atoms with Crippen LogP contribution in [0.15, 0.2) is 30.6 Å². The molecule has 154 valence electrons. The van der Waals surface area contributed by atoms with E-state index in [2.05, 4.69) is 15.5 Å². The van der Waals surface area contributed by atoms with E-state index in [0.717, 1.165) is 6.07 Å². The Morgan fingerprint density at radius 1 is 1.07 bits per heavy atom. The second kappa shape index (κ2) is 7.45. The van der Waals surface area contributed by atoms with Crippen molar-refractivity contribution in [1.82, 2.24) is 30.0 Å². The Balaban J connectivity index is 1.33. The number of carbonyl (C=O) groups excluding carboxylic acids is 2. The molecule has 1 saturated heterocycles. The Labute approximate surface area is 164 Å². The van der Waals surface area contributed by atoms with E-state index < -0.39 is 23.6 Å². The second-order valence-corrected chi connectivity index (χ2v) is 7.25. The molecule has 2 amide bonds. The summed E-state index contributed by atoms with van der Waals surface area (Å²) in [7, 11) is 0. The second-order valence-electron chi connectivity index (χ2n) is 7.25. The standard InChI is InChI=1S/C18H19F3N6O2/c19-18(20,21)15-4-2-1-3-12(15)13-9-14(13)17(29)26-7-5-25(6-8-26)16(28)10-27-11-22-23-24-27/h1-4,11,13-14H,5-10H2. The highest BCUT2D eigenvalue weighted by Gasteiger charge is 2.49. The van der Waals surface area contributed by atoms with Gasteiger partial charge in [0, 0.05) is 32.1 Å². The lowest BCUT2D eigenvalue weighted by atomic mass is 10.0. The van der Waals surface area contributed by atoms with E-state index in [9.17, 15) is 22.8 Å². The van der Waals surface area contributed by atoms with Crippen LogP contribution in [0.1, 0.15) is 23.5 Å². The molecule has 1 aliphatic carbocycles. The first-order valence-corrected chi connectivity index (χ1v) is 9.28. The molecule has 0 N–H and O–H groups in total. The van der Waals surface area contributed by atoms with Crippen LogP contribution < -0.4 is 0 Å². The topological polar surface area (TPSA) is 84.2 Å². The maximum atomic E-state index is 13.2. The molecule has 1 saturated carbocycles. The maximum absolute atomic E-state index is 13.2. The minimum absolute atomic E-state index is 0.0277. The molecule has 8 nitrogen and oxygen atoms in total. The van der Waals surface area contributed by atoms with Crippen molar-refractivity contribution in [2.45, 2.75) is 25.1 Å². The third-order valence-electron chi connectivity index (χ3n) is 5.41. The molecule has 29 heavy (non-hydrogen) atoms. The summed E-state index contributed by atoms with van der Waals surface area (Å²) in [5.41, 5.74) is -0.480. The molecule has 2 unspecified atom stereocenters. The van der Waals surface area contributed by atoms with Crippen molar-refractivity contribution in [3.8, 4) is 0 Å². The molecule has 2 aromatic rings. The van der Waals surface area contributed by atoms with Gasteiger partial charge in [0.25, 0.3) is 0 Å². The highest BCUT2D eigenvalue weighted by Crippen LogP contribution is 2.51. The summed E-state index contributed by atoms with van der Waals surface area (Å²) in [4.78, 5) is 28.3. The molecule has 2 aliphatic rings. The number of rotatable bonds is 4. The van der Waals surface area contributed by atoms with Gasteiger partial charge in [0.05, 0.1) is 5.56 Å². The number of hydrogen-bond donors (Lipinski definition) is 0. The van der Waals surface area contributed by atoms with E-state index in [1.54, 1.807) is 15.9 Å². The average molecular weight is 408 g/mol. The molecular weight excluding hydrogens is 389 g/mol. The third kappa shape index (κ3) is 4.08. The van der Waals surface area contributed by atoms with Crippen LogP contribution in [0, 0.1) is 5.92 Å². The van der Waals surface area contributed by atoms with Crippen molar-refractivity contribution in [3.05, 3.63) is 41.7 Å². The number of amides is 2. The number of piperazine rings is 1. The van der Waals surface area contributed by atoms with E-state index in [4.69, 9.17) is 0 Å². The molecule has 0 bridgehead atoms. The summed E-state index contributed by atoms with van der Waals surface area (Å²) in [5.74, 6) is -1.12. The van der Waals surface area contributed by atoms with Crippen LogP contribution in [0.5, 0.6) is 0 Å². The lowest BCUT2D eigenvalue weighted by Crippen LogP contribution is -2.51. The third-order valence-corrected chi connectivity index (χ3v) is 5.41. The minimum Gasteiger partial charge on any atom is -0.339 e. The Bertz CT molecular complexity index is 893. The van der Waals surface area contributed by atoms with Crippen molar-refractivity contribution < 1.29 is 22.8 Å². The molecule has 1 aromatic heterocycles. The summed E-state index contributed by atoms with van der Waals surface area (Å²) in [6, 6.07) is 5.44. The first-order chi connectivity index (χ1) is 13.8. The van der Waals surface area contributed by atoms with Gasteiger partial charge in [-0.15, -0.1) is 5.10 Å². The van der Waals surface area contributed by atoms with E-state index >= 15 is 0 Å². The molecule has 2 heterocycles. The zero-order valence-corrected chi connectivity index (χ0v) is 15.4. The fourth-order valence-corrected chi connectivity index (χ4v) is 3.79. The lowest BCUT2D eigenvalue weighted by molar-refractivity contribution is -0.141. The summed E-state index contributed by atoms with van der Waals surface area (Å²) >= 11 is 0. The number of nitrogens with zero attached hydrogens (tertiary/aromatic N) is 6. The Morgan fingerprint density at radius 2 is 1.76 bits per heavy atom. The fraction of sp³-hybridized carbons (Fsp3) is 0.500. The van der Waals surface area contributed by atoms with Crippen molar-refractivity contribution in [2.24, 2.45) is 5.92 Å². The number of carbonyl (C=O) groups is 2. The number of halogens is 3. The molecule has 1 aliphatic heterocycles. The Hall–Kier alpha value is -2.98. The van der Waals surface area contributed by atoms with Crippen LogP contribution in [0.25, 0.3) is 0 Å². The van der Waals surface area contributed by atoms with Gasteiger partial charge in [0.1, 0.15) is 12.9 Å². The highest BCUT2D eigenvalue weighted by atomic mass is 19.4. The van der Waals surface area contributed by atoms with E-state index in [1.165, 1.54) is 23.1 Å². The smallest absolute Gasteiger partial charge is 0.339 e. The first-order valence-electron chi connectivity index (χ1n) is 9.28. The molecule has 0 radical (unpaired) electrons. The van der Waals surface area contributed by atoms with Gasteiger partial charge in [-0.05, 0) is 34.4 Å². The SMILES string of the molecule is O=C(Cn1cnnn1)N1CCN(C(=O)C2CC2c2ccccc2C(F)(F)F)CC1. The van der Waals surface area contributed by atoms with Crippen molar-refractivity contribution in [2.75, 3.05) is 26.2 Å². The van der Waals surface area contributed by atoms with Gasteiger partial charge in [0.2, 0.25) is 11.8 Å². The van der Waals surface area contributed by atoms with Gasteiger partial charge in [-0.3, -0.25) is 9.59 Å². The monoisotopic (exact) mass is 408 g/mol. The van der Waals surface area contributed by atoms with E-state index in [-0.39, 0.29) is 23.9 Å². The predicted molar refractivity (Wildman–Crippen MR) is 93.3 cm³/mol. The van der Waals surface area contributed by atoms with Crippen molar-refractivity contribution in [3.63, 3.8) is 0 Å². The Kier molecular flexibility index (Phi) is 4.97. The molecule has 4 rings (SSSR count). The molecule has 2 atom stereocenters. The predicted octanol–water partition coefficient (Wildman–Crippen LogP) is 1.17.